The largest absolute Gasteiger partial charge is 0.379 e. The van der Waals surface area contributed by atoms with Crippen LogP contribution in [0, 0.1) is 0 Å². The number of hydrogen-bond acceptors (Lipinski definition) is 4. The van der Waals surface area contributed by atoms with Crippen molar-refractivity contribution in [3.8, 4) is 0 Å². The van der Waals surface area contributed by atoms with E-state index in [9.17, 15) is 4.79 Å². The van der Waals surface area contributed by atoms with Crippen molar-refractivity contribution in [1.82, 2.24) is 15.1 Å². The van der Waals surface area contributed by atoms with Gasteiger partial charge in [0.05, 0.1) is 19.8 Å². The zero-order valence-corrected chi connectivity index (χ0v) is 19.1. The standard InChI is InChI=1S/C20H31N5O2.HI/c1-3-21-20(22-14-17-5-4-6-18(13-17)23-16(2)26)25-8-7-19(15-25)24-9-11-27-12-10-24;/h4-6,13,19H,3,7-12,14-15H2,1-2H3,(H,21,22)(H,23,26);1H. The lowest BCUT2D eigenvalue weighted by Gasteiger charge is -2.32. The third-order valence-electron chi connectivity index (χ3n) is 5.02. The lowest BCUT2D eigenvalue weighted by atomic mass is 10.2. The second kappa shape index (κ2) is 11.6. The Bertz CT molecular complexity index is 664. The lowest BCUT2D eigenvalue weighted by Crippen LogP contribution is -2.46. The molecule has 0 bridgehead atoms. The molecule has 0 aromatic heterocycles. The van der Waals surface area contributed by atoms with Crippen LogP contribution in [0.25, 0.3) is 0 Å². The van der Waals surface area contributed by atoms with Crippen LogP contribution in [0.3, 0.4) is 0 Å². The van der Waals surface area contributed by atoms with E-state index in [2.05, 4.69) is 27.4 Å². The average molecular weight is 501 g/mol. The summed E-state index contributed by atoms with van der Waals surface area (Å²) >= 11 is 0. The first-order chi connectivity index (χ1) is 13.2. The number of morpholine rings is 1. The van der Waals surface area contributed by atoms with E-state index in [1.807, 2.05) is 24.3 Å². The molecule has 1 atom stereocenters. The van der Waals surface area contributed by atoms with Gasteiger partial charge in [0.15, 0.2) is 5.96 Å². The third kappa shape index (κ3) is 6.59. The first-order valence-corrected chi connectivity index (χ1v) is 9.87. The van der Waals surface area contributed by atoms with Crippen molar-refractivity contribution in [2.24, 2.45) is 4.99 Å². The molecule has 28 heavy (non-hydrogen) atoms. The van der Waals surface area contributed by atoms with Crippen LogP contribution in [0.1, 0.15) is 25.8 Å². The number of nitrogens with one attached hydrogen (secondary N) is 2. The van der Waals surface area contributed by atoms with E-state index in [1.165, 1.54) is 13.3 Å². The number of anilines is 1. The highest BCUT2D eigenvalue weighted by molar-refractivity contribution is 14.0. The predicted octanol–water partition coefficient (Wildman–Crippen LogP) is 2.14. The van der Waals surface area contributed by atoms with E-state index in [0.717, 1.165) is 63.1 Å². The van der Waals surface area contributed by atoms with E-state index in [1.54, 1.807) is 0 Å². The molecule has 2 fully saturated rings. The molecule has 1 aromatic carbocycles. The highest BCUT2D eigenvalue weighted by Gasteiger charge is 2.30. The van der Waals surface area contributed by atoms with Crippen molar-refractivity contribution in [2.75, 3.05) is 51.3 Å². The number of ether oxygens (including phenoxy) is 1. The van der Waals surface area contributed by atoms with Crippen LogP contribution in [0.2, 0.25) is 0 Å². The maximum Gasteiger partial charge on any atom is 0.221 e. The minimum atomic E-state index is -0.0600. The Labute approximate surface area is 184 Å². The molecule has 0 radical (unpaired) electrons. The number of nitrogens with zero attached hydrogens (tertiary/aromatic N) is 3. The smallest absolute Gasteiger partial charge is 0.221 e. The minimum absolute atomic E-state index is 0. The summed E-state index contributed by atoms with van der Waals surface area (Å²) in [5.41, 5.74) is 1.90. The molecule has 2 saturated heterocycles. The molecule has 156 valence electrons. The van der Waals surface area contributed by atoms with Gasteiger partial charge in [-0.2, -0.15) is 0 Å². The summed E-state index contributed by atoms with van der Waals surface area (Å²) in [7, 11) is 0. The fourth-order valence-electron chi connectivity index (χ4n) is 3.72. The SMILES string of the molecule is CCNC(=NCc1cccc(NC(C)=O)c1)N1CCC(N2CCOCC2)C1.I. The summed E-state index contributed by atoms with van der Waals surface area (Å²) in [4.78, 5) is 21.0. The number of rotatable bonds is 5. The van der Waals surface area contributed by atoms with Gasteiger partial charge in [0.2, 0.25) is 5.91 Å². The number of halogens is 1. The second-order valence-corrected chi connectivity index (χ2v) is 7.09. The van der Waals surface area contributed by atoms with Crippen LogP contribution in [0.15, 0.2) is 29.3 Å². The van der Waals surface area contributed by atoms with Crippen LogP contribution in [0.5, 0.6) is 0 Å². The van der Waals surface area contributed by atoms with Gasteiger partial charge in [0.25, 0.3) is 0 Å². The van der Waals surface area contributed by atoms with Crippen molar-refractivity contribution >= 4 is 41.5 Å². The van der Waals surface area contributed by atoms with Crippen LogP contribution in [-0.4, -0.2) is 73.6 Å². The molecule has 2 heterocycles. The van der Waals surface area contributed by atoms with Crippen molar-refractivity contribution in [3.63, 3.8) is 0 Å². The lowest BCUT2D eigenvalue weighted by molar-refractivity contribution is -0.114. The Morgan fingerprint density at radius 3 is 2.79 bits per heavy atom. The number of likely N-dealkylation sites (tertiary alicyclic amines) is 1. The van der Waals surface area contributed by atoms with Crippen molar-refractivity contribution in [1.29, 1.82) is 0 Å². The second-order valence-electron chi connectivity index (χ2n) is 7.09. The highest BCUT2D eigenvalue weighted by atomic mass is 127. The van der Waals surface area contributed by atoms with E-state index >= 15 is 0 Å². The highest BCUT2D eigenvalue weighted by Crippen LogP contribution is 2.18. The molecule has 0 spiro atoms. The van der Waals surface area contributed by atoms with Gasteiger partial charge in [-0.05, 0) is 31.0 Å². The summed E-state index contributed by atoms with van der Waals surface area (Å²) < 4.78 is 5.48. The molecular weight excluding hydrogens is 469 g/mol. The number of guanidine groups is 1. The van der Waals surface area contributed by atoms with E-state index in [0.29, 0.717) is 12.6 Å². The van der Waals surface area contributed by atoms with E-state index in [4.69, 9.17) is 9.73 Å². The van der Waals surface area contributed by atoms with Crippen molar-refractivity contribution in [2.45, 2.75) is 32.9 Å². The summed E-state index contributed by atoms with van der Waals surface area (Å²) in [6.07, 6.45) is 1.17. The topological polar surface area (TPSA) is 69.2 Å². The number of hydrogen-bond donors (Lipinski definition) is 2. The zero-order valence-electron chi connectivity index (χ0n) is 16.8. The monoisotopic (exact) mass is 501 g/mol. The Morgan fingerprint density at radius 2 is 2.07 bits per heavy atom. The molecule has 8 heteroatoms. The van der Waals surface area contributed by atoms with Crippen LogP contribution in [0.4, 0.5) is 5.69 Å². The van der Waals surface area contributed by atoms with Gasteiger partial charge in [-0.1, -0.05) is 12.1 Å². The van der Waals surface area contributed by atoms with Gasteiger partial charge < -0.3 is 20.3 Å². The maximum atomic E-state index is 11.2. The van der Waals surface area contributed by atoms with Gasteiger partial charge in [0, 0.05) is 51.4 Å². The molecule has 3 rings (SSSR count). The molecule has 2 aliphatic heterocycles. The Kier molecular flexibility index (Phi) is 9.46. The molecule has 0 saturated carbocycles. The summed E-state index contributed by atoms with van der Waals surface area (Å²) in [5, 5.41) is 6.25. The van der Waals surface area contributed by atoms with Gasteiger partial charge in [0.1, 0.15) is 0 Å². The van der Waals surface area contributed by atoms with Crippen LogP contribution >= 0.6 is 24.0 Å². The first-order valence-electron chi connectivity index (χ1n) is 9.87. The maximum absolute atomic E-state index is 11.2. The van der Waals surface area contributed by atoms with Crippen LogP contribution < -0.4 is 10.6 Å². The predicted molar refractivity (Wildman–Crippen MR) is 123 cm³/mol. The van der Waals surface area contributed by atoms with Crippen LogP contribution in [-0.2, 0) is 16.1 Å². The molecule has 1 aromatic rings. The van der Waals surface area contributed by atoms with Crippen molar-refractivity contribution in [3.05, 3.63) is 29.8 Å². The number of aliphatic imine (C=N–C) groups is 1. The summed E-state index contributed by atoms with van der Waals surface area (Å²) in [6, 6.07) is 8.45. The Balaban J connectivity index is 0.00000280. The molecule has 0 aliphatic carbocycles. The fourth-order valence-corrected chi connectivity index (χ4v) is 3.72. The molecule has 7 nitrogen and oxygen atoms in total. The Hall–Kier alpha value is -1.39. The molecule has 1 unspecified atom stereocenters. The summed E-state index contributed by atoms with van der Waals surface area (Å²) in [5.74, 6) is 0.911. The van der Waals surface area contributed by atoms with Gasteiger partial charge in [-0.3, -0.25) is 9.69 Å². The fraction of sp³-hybridized carbons (Fsp3) is 0.600. The average Bonchev–Trinajstić information content (AvgIpc) is 3.16. The summed E-state index contributed by atoms with van der Waals surface area (Å²) in [6.45, 7) is 10.8. The van der Waals surface area contributed by atoms with Gasteiger partial charge in [-0.25, -0.2) is 4.99 Å². The quantitative estimate of drug-likeness (QED) is 0.368. The van der Waals surface area contributed by atoms with Crippen molar-refractivity contribution < 1.29 is 9.53 Å². The van der Waals surface area contributed by atoms with E-state index < -0.39 is 0 Å². The van der Waals surface area contributed by atoms with Gasteiger partial charge >= 0.3 is 0 Å². The molecular formula is C20H32IN5O2. The minimum Gasteiger partial charge on any atom is -0.379 e. The Morgan fingerprint density at radius 1 is 1.29 bits per heavy atom. The van der Waals surface area contributed by atoms with E-state index in [-0.39, 0.29) is 29.9 Å². The first kappa shape index (κ1) is 22.9. The molecule has 2 N–H and O–H groups in total. The third-order valence-corrected chi connectivity index (χ3v) is 5.02. The molecule has 2 aliphatic rings. The molecule has 1 amide bonds. The number of carbonyl (C=O) groups is 1. The number of carbonyl (C=O) groups excluding carboxylic acids is 1. The normalized spacial score (nSPS) is 20.6. The number of benzene rings is 1. The zero-order chi connectivity index (χ0) is 19.1. The van der Waals surface area contributed by atoms with Gasteiger partial charge in [-0.15, -0.1) is 24.0 Å². The number of amides is 1.